The molecule has 0 atom stereocenters. The van der Waals surface area contributed by atoms with Crippen molar-refractivity contribution in [2.24, 2.45) is 5.84 Å². The van der Waals surface area contributed by atoms with Gasteiger partial charge in [-0.3, -0.25) is 5.43 Å². The van der Waals surface area contributed by atoms with Gasteiger partial charge < -0.3 is 5.32 Å². The summed E-state index contributed by atoms with van der Waals surface area (Å²) >= 11 is 1.56. The summed E-state index contributed by atoms with van der Waals surface area (Å²) in [4.78, 5) is 9.60. The van der Waals surface area contributed by atoms with E-state index in [1.54, 1.807) is 11.3 Å². The number of thiophene rings is 1. The number of nitrogens with zero attached hydrogens (tertiary/aromatic N) is 2. The van der Waals surface area contributed by atoms with Crippen LogP contribution < -0.4 is 16.6 Å². The predicted octanol–water partition coefficient (Wildman–Crippen LogP) is 3.28. The third kappa shape index (κ3) is 2.43. The van der Waals surface area contributed by atoms with Crippen molar-refractivity contribution < 1.29 is 0 Å². The molecule has 0 bridgehead atoms. The maximum Gasteiger partial charge on any atom is 0.240 e. The van der Waals surface area contributed by atoms with Crippen LogP contribution in [0.15, 0.2) is 35.7 Å². The Morgan fingerprint density at radius 1 is 1.15 bits per heavy atom. The van der Waals surface area contributed by atoms with Gasteiger partial charge >= 0.3 is 0 Å². The van der Waals surface area contributed by atoms with E-state index in [2.05, 4.69) is 51.9 Å². The second-order valence-electron chi connectivity index (χ2n) is 4.36. The molecule has 1 aromatic carbocycles. The first-order valence-electron chi connectivity index (χ1n) is 6.38. The minimum absolute atomic E-state index is 0.410. The van der Waals surface area contributed by atoms with Crippen molar-refractivity contribution in [2.45, 2.75) is 13.3 Å². The normalized spacial score (nSPS) is 10.7. The molecule has 3 rings (SSSR count). The number of hydrazine groups is 1. The zero-order valence-electron chi connectivity index (χ0n) is 11.1. The first-order chi connectivity index (χ1) is 9.80. The number of aryl methyl sites for hydroxylation is 1. The summed E-state index contributed by atoms with van der Waals surface area (Å²) in [5, 5.41) is 6.30. The van der Waals surface area contributed by atoms with Crippen LogP contribution in [-0.2, 0) is 6.42 Å². The van der Waals surface area contributed by atoms with Gasteiger partial charge in [0, 0.05) is 5.69 Å². The van der Waals surface area contributed by atoms with E-state index in [1.807, 2.05) is 11.4 Å². The predicted molar refractivity (Wildman–Crippen MR) is 84.3 cm³/mol. The average molecular weight is 285 g/mol. The molecule has 0 radical (unpaired) electrons. The number of fused-ring (bicyclic) bond motifs is 1. The summed E-state index contributed by atoms with van der Waals surface area (Å²) in [6.07, 6.45) is 1.03. The number of anilines is 3. The third-order valence-corrected chi connectivity index (χ3v) is 3.89. The van der Waals surface area contributed by atoms with Crippen LogP contribution in [0.25, 0.3) is 10.2 Å². The molecular formula is C14H15N5S. The fourth-order valence-electron chi connectivity index (χ4n) is 1.98. The number of hydrogen-bond donors (Lipinski definition) is 3. The molecule has 2 heterocycles. The maximum atomic E-state index is 5.41. The Morgan fingerprint density at radius 2 is 1.95 bits per heavy atom. The van der Waals surface area contributed by atoms with Gasteiger partial charge in [0.1, 0.15) is 10.6 Å². The van der Waals surface area contributed by atoms with Gasteiger partial charge in [-0.1, -0.05) is 19.1 Å². The highest BCUT2D eigenvalue weighted by Gasteiger charge is 2.08. The highest BCUT2D eigenvalue weighted by molar-refractivity contribution is 7.16. The molecule has 0 amide bonds. The lowest BCUT2D eigenvalue weighted by atomic mass is 10.1. The Kier molecular flexibility index (Phi) is 3.49. The zero-order valence-corrected chi connectivity index (χ0v) is 11.9. The fourth-order valence-corrected chi connectivity index (χ4v) is 2.74. The summed E-state index contributed by atoms with van der Waals surface area (Å²) in [5.41, 5.74) is 4.80. The highest BCUT2D eigenvalue weighted by Crippen LogP contribution is 2.28. The Hall–Kier alpha value is -2.18. The van der Waals surface area contributed by atoms with E-state index >= 15 is 0 Å². The van der Waals surface area contributed by atoms with Gasteiger partial charge in [-0.15, -0.1) is 11.3 Å². The molecule has 2 aromatic heterocycles. The molecule has 102 valence electrons. The van der Waals surface area contributed by atoms with Gasteiger partial charge in [0.25, 0.3) is 0 Å². The van der Waals surface area contributed by atoms with E-state index in [0.717, 1.165) is 28.1 Å². The van der Waals surface area contributed by atoms with E-state index < -0.39 is 0 Å². The topological polar surface area (TPSA) is 75.9 Å². The van der Waals surface area contributed by atoms with Crippen molar-refractivity contribution in [2.75, 3.05) is 10.7 Å². The second kappa shape index (κ2) is 5.44. The van der Waals surface area contributed by atoms with Crippen molar-refractivity contribution in [3.8, 4) is 0 Å². The monoisotopic (exact) mass is 285 g/mol. The van der Waals surface area contributed by atoms with Crippen LogP contribution in [0.1, 0.15) is 12.5 Å². The Labute approximate surface area is 120 Å². The minimum atomic E-state index is 0.410. The molecule has 0 aliphatic rings. The summed E-state index contributed by atoms with van der Waals surface area (Å²) in [6, 6.07) is 10.3. The summed E-state index contributed by atoms with van der Waals surface area (Å²) in [7, 11) is 0. The van der Waals surface area contributed by atoms with Gasteiger partial charge in [-0.05, 0) is 35.6 Å². The fraction of sp³-hybridized carbons (Fsp3) is 0.143. The number of benzene rings is 1. The van der Waals surface area contributed by atoms with Gasteiger partial charge in [0.15, 0.2) is 0 Å². The lowest BCUT2D eigenvalue weighted by Crippen LogP contribution is -2.11. The van der Waals surface area contributed by atoms with Crippen LogP contribution >= 0.6 is 11.3 Å². The minimum Gasteiger partial charge on any atom is -0.340 e. The van der Waals surface area contributed by atoms with Crippen molar-refractivity contribution in [1.82, 2.24) is 9.97 Å². The first kappa shape index (κ1) is 12.8. The molecule has 5 nitrogen and oxygen atoms in total. The quantitative estimate of drug-likeness (QED) is 0.506. The standard InChI is InChI=1S/C14H15N5S/c1-2-9-3-5-10(6-4-9)16-12-11-7-8-20-13(11)18-14(17-12)19-15/h3-8H,2,15H2,1H3,(H2,16,17,18,19). The molecule has 0 unspecified atom stereocenters. The highest BCUT2D eigenvalue weighted by atomic mass is 32.1. The summed E-state index contributed by atoms with van der Waals surface area (Å²) in [5.74, 6) is 6.58. The number of nitrogen functional groups attached to an aromatic ring is 1. The van der Waals surface area contributed by atoms with Crippen LogP contribution in [0.3, 0.4) is 0 Å². The third-order valence-electron chi connectivity index (χ3n) is 3.08. The SMILES string of the molecule is CCc1ccc(Nc2nc(NN)nc3sccc23)cc1. The summed E-state index contributed by atoms with van der Waals surface area (Å²) in [6.45, 7) is 2.14. The number of hydrogen-bond acceptors (Lipinski definition) is 6. The molecule has 0 spiro atoms. The van der Waals surface area contributed by atoms with Crippen molar-refractivity contribution in [1.29, 1.82) is 0 Å². The van der Waals surface area contributed by atoms with E-state index in [-0.39, 0.29) is 0 Å². The van der Waals surface area contributed by atoms with Crippen LogP contribution in [0.4, 0.5) is 17.5 Å². The van der Waals surface area contributed by atoms with Crippen LogP contribution in [0, 0.1) is 0 Å². The Morgan fingerprint density at radius 3 is 2.65 bits per heavy atom. The molecule has 20 heavy (non-hydrogen) atoms. The van der Waals surface area contributed by atoms with Gasteiger partial charge in [-0.2, -0.15) is 4.98 Å². The van der Waals surface area contributed by atoms with E-state index in [1.165, 1.54) is 5.56 Å². The number of nitrogens with two attached hydrogens (primary N) is 1. The number of nitrogens with one attached hydrogen (secondary N) is 2. The zero-order chi connectivity index (χ0) is 13.9. The van der Waals surface area contributed by atoms with Crippen molar-refractivity contribution in [3.63, 3.8) is 0 Å². The largest absolute Gasteiger partial charge is 0.340 e. The lowest BCUT2D eigenvalue weighted by Gasteiger charge is -2.09. The van der Waals surface area contributed by atoms with Crippen LogP contribution in [0.5, 0.6) is 0 Å². The smallest absolute Gasteiger partial charge is 0.240 e. The molecule has 6 heteroatoms. The van der Waals surface area contributed by atoms with Gasteiger partial charge in [0.05, 0.1) is 5.39 Å². The molecule has 0 fully saturated rings. The average Bonchev–Trinajstić information content (AvgIpc) is 2.96. The van der Waals surface area contributed by atoms with Gasteiger partial charge in [-0.25, -0.2) is 10.8 Å². The summed E-state index contributed by atoms with van der Waals surface area (Å²) < 4.78 is 0. The lowest BCUT2D eigenvalue weighted by molar-refractivity contribution is 1.14. The molecule has 0 aliphatic carbocycles. The van der Waals surface area contributed by atoms with Crippen molar-refractivity contribution in [3.05, 3.63) is 41.3 Å². The van der Waals surface area contributed by atoms with Crippen LogP contribution in [-0.4, -0.2) is 9.97 Å². The Balaban J connectivity index is 1.98. The van der Waals surface area contributed by atoms with E-state index in [0.29, 0.717) is 5.95 Å². The molecule has 4 N–H and O–H groups in total. The first-order valence-corrected chi connectivity index (χ1v) is 7.26. The van der Waals surface area contributed by atoms with Gasteiger partial charge in [0.2, 0.25) is 5.95 Å². The van der Waals surface area contributed by atoms with E-state index in [9.17, 15) is 0 Å². The van der Waals surface area contributed by atoms with Crippen molar-refractivity contribution >= 4 is 39.0 Å². The number of rotatable bonds is 4. The second-order valence-corrected chi connectivity index (χ2v) is 5.25. The van der Waals surface area contributed by atoms with Crippen LogP contribution in [0.2, 0.25) is 0 Å². The Bertz CT molecular complexity index is 720. The molecule has 0 saturated carbocycles. The molecule has 3 aromatic rings. The molecule has 0 aliphatic heterocycles. The molecule has 0 saturated heterocycles. The molecular weight excluding hydrogens is 270 g/mol. The van der Waals surface area contributed by atoms with E-state index in [4.69, 9.17) is 5.84 Å². The maximum absolute atomic E-state index is 5.41. The number of aromatic nitrogens is 2.